The van der Waals surface area contributed by atoms with E-state index >= 15 is 0 Å². The highest BCUT2D eigenvalue weighted by molar-refractivity contribution is 5.88. The molecule has 1 aliphatic heterocycles. The lowest BCUT2D eigenvalue weighted by Crippen LogP contribution is -2.40. The largest absolute Gasteiger partial charge is 0.344 e. The van der Waals surface area contributed by atoms with Crippen LogP contribution in [0, 0.1) is 11.3 Å². The van der Waals surface area contributed by atoms with Crippen LogP contribution in [0.4, 0.5) is 0 Å². The van der Waals surface area contributed by atoms with E-state index in [0.29, 0.717) is 13.0 Å². The van der Waals surface area contributed by atoms with Crippen molar-refractivity contribution in [3.8, 4) is 6.07 Å². The molecule has 1 N–H and O–H groups in total. The minimum Gasteiger partial charge on any atom is -0.344 e. The predicted molar refractivity (Wildman–Crippen MR) is 44.4 cm³/mol. The average molecular weight is 181 g/mol. The van der Waals surface area contributed by atoms with Crippen LogP contribution < -0.4 is 5.32 Å². The molecule has 0 aromatic rings. The lowest BCUT2D eigenvalue weighted by Gasteiger charge is -2.12. The summed E-state index contributed by atoms with van der Waals surface area (Å²) in [5.74, 6) is -0.367. The quantitative estimate of drug-likeness (QED) is 0.569. The Morgan fingerprint density at radius 1 is 1.85 bits per heavy atom. The monoisotopic (exact) mass is 181 g/mol. The number of nitrogens with zero attached hydrogens (tertiary/aromatic N) is 2. The van der Waals surface area contributed by atoms with Gasteiger partial charge in [-0.3, -0.25) is 9.59 Å². The van der Waals surface area contributed by atoms with Crippen LogP contribution in [0.3, 0.4) is 0 Å². The topological polar surface area (TPSA) is 73.2 Å². The first-order valence-corrected chi connectivity index (χ1v) is 4.08. The summed E-state index contributed by atoms with van der Waals surface area (Å²) >= 11 is 0. The predicted octanol–water partition coefficient (Wildman–Crippen LogP) is -0.753. The second kappa shape index (κ2) is 3.90. The molecule has 1 heterocycles. The van der Waals surface area contributed by atoms with Gasteiger partial charge < -0.3 is 10.2 Å². The zero-order valence-electron chi connectivity index (χ0n) is 7.41. The molecule has 0 radical (unpaired) electrons. The second-order valence-corrected chi connectivity index (χ2v) is 2.96. The van der Waals surface area contributed by atoms with Crippen LogP contribution in [0.1, 0.15) is 13.3 Å². The average Bonchev–Trinajstić information content (AvgIpc) is 2.36. The number of nitriles is 1. The first-order valence-electron chi connectivity index (χ1n) is 4.08. The fraction of sp³-hybridized carbons (Fsp3) is 0.625. The van der Waals surface area contributed by atoms with Crippen molar-refractivity contribution in [1.82, 2.24) is 10.2 Å². The minimum absolute atomic E-state index is 0.106. The highest BCUT2D eigenvalue weighted by atomic mass is 16.2. The van der Waals surface area contributed by atoms with Gasteiger partial charge in [-0.15, -0.1) is 0 Å². The van der Waals surface area contributed by atoms with E-state index in [1.165, 1.54) is 11.8 Å². The summed E-state index contributed by atoms with van der Waals surface area (Å²) in [5, 5.41) is 10.9. The molecule has 1 rings (SSSR count). The van der Waals surface area contributed by atoms with Crippen LogP contribution in [0.2, 0.25) is 0 Å². The fourth-order valence-electron chi connectivity index (χ4n) is 1.36. The summed E-state index contributed by atoms with van der Waals surface area (Å²) in [6, 6.07) is 1.48. The number of hydrogen-bond donors (Lipinski definition) is 1. The van der Waals surface area contributed by atoms with E-state index in [0.717, 1.165) is 0 Å². The van der Waals surface area contributed by atoms with E-state index in [1.54, 1.807) is 0 Å². The molecule has 1 atom stereocenters. The number of rotatable bonds is 2. The number of carbonyl (C=O) groups is 2. The molecule has 0 aliphatic carbocycles. The zero-order chi connectivity index (χ0) is 9.84. The molecule has 0 saturated carbocycles. The maximum absolute atomic E-state index is 11.4. The zero-order valence-corrected chi connectivity index (χ0v) is 7.41. The molecule has 0 spiro atoms. The SMILES string of the molecule is CC(=O)N[C@@H]1CCN(CC#N)C1=O. The van der Waals surface area contributed by atoms with Crippen LogP contribution in [-0.4, -0.2) is 35.8 Å². The van der Waals surface area contributed by atoms with Gasteiger partial charge in [0, 0.05) is 13.5 Å². The lowest BCUT2D eigenvalue weighted by molar-refractivity contribution is -0.131. The molecule has 0 bridgehead atoms. The van der Waals surface area contributed by atoms with Crippen molar-refractivity contribution in [2.45, 2.75) is 19.4 Å². The molecule has 0 unspecified atom stereocenters. The molecular formula is C8H11N3O2. The number of nitrogens with one attached hydrogen (secondary N) is 1. The summed E-state index contributed by atoms with van der Waals surface area (Å²) < 4.78 is 0. The van der Waals surface area contributed by atoms with Crippen molar-refractivity contribution >= 4 is 11.8 Å². The van der Waals surface area contributed by atoms with Gasteiger partial charge in [0.1, 0.15) is 12.6 Å². The summed E-state index contributed by atoms with van der Waals surface area (Å²) in [6.45, 7) is 2.03. The Balaban J connectivity index is 2.51. The van der Waals surface area contributed by atoms with Gasteiger partial charge in [-0.05, 0) is 6.42 Å². The van der Waals surface area contributed by atoms with E-state index in [9.17, 15) is 9.59 Å². The Labute approximate surface area is 76.3 Å². The van der Waals surface area contributed by atoms with Crippen molar-refractivity contribution in [2.24, 2.45) is 0 Å². The van der Waals surface area contributed by atoms with E-state index in [-0.39, 0.29) is 18.4 Å². The Bertz CT molecular complexity index is 269. The lowest BCUT2D eigenvalue weighted by atomic mass is 10.2. The van der Waals surface area contributed by atoms with Crippen LogP contribution in [0.25, 0.3) is 0 Å². The van der Waals surface area contributed by atoms with Gasteiger partial charge in [-0.25, -0.2) is 0 Å². The maximum atomic E-state index is 11.4. The van der Waals surface area contributed by atoms with Crippen LogP contribution in [-0.2, 0) is 9.59 Å². The molecule has 0 aromatic heterocycles. The van der Waals surface area contributed by atoms with Gasteiger partial charge >= 0.3 is 0 Å². The molecule has 13 heavy (non-hydrogen) atoms. The first-order chi connectivity index (χ1) is 6.15. The number of amides is 2. The molecule has 5 heteroatoms. The highest BCUT2D eigenvalue weighted by Crippen LogP contribution is 2.09. The van der Waals surface area contributed by atoms with Crippen molar-refractivity contribution < 1.29 is 9.59 Å². The van der Waals surface area contributed by atoms with Crippen molar-refractivity contribution in [2.75, 3.05) is 13.1 Å². The van der Waals surface area contributed by atoms with Gasteiger partial charge in [0.05, 0.1) is 6.07 Å². The van der Waals surface area contributed by atoms with Gasteiger partial charge in [-0.1, -0.05) is 0 Å². The standard InChI is InChI=1S/C8H11N3O2/c1-6(12)10-7-2-4-11(5-3-9)8(7)13/h7H,2,4-5H2,1H3,(H,10,12)/t7-/m1/s1. The Hall–Kier alpha value is -1.57. The molecule has 0 aromatic carbocycles. The second-order valence-electron chi connectivity index (χ2n) is 2.96. The third-order valence-electron chi connectivity index (χ3n) is 1.94. The highest BCUT2D eigenvalue weighted by Gasteiger charge is 2.31. The number of likely N-dealkylation sites (tertiary alicyclic amines) is 1. The fourth-order valence-corrected chi connectivity index (χ4v) is 1.36. The molecule has 2 amide bonds. The summed E-state index contributed by atoms with van der Waals surface area (Å²) in [5.41, 5.74) is 0. The molecular weight excluding hydrogens is 170 g/mol. The molecule has 1 fully saturated rings. The maximum Gasteiger partial charge on any atom is 0.246 e. The van der Waals surface area contributed by atoms with Gasteiger partial charge in [0.15, 0.2) is 0 Å². The third kappa shape index (κ3) is 2.18. The number of hydrogen-bond acceptors (Lipinski definition) is 3. The normalized spacial score (nSPS) is 21.4. The Morgan fingerprint density at radius 2 is 2.54 bits per heavy atom. The van der Waals surface area contributed by atoms with Crippen molar-refractivity contribution in [3.05, 3.63) is 0 Å². The molecule has 1 aliphatic rings. The smallest absolute Gasteiger partial charge is 0.246 e. The first kappa shape index (κ1) is 9.52. The van der Waals surface area contributed by atoms with Crippen molar-refractivity contribution in [3.63, 3.8) is 0 Å². The van der Waals surface area contributed by atoms with Gasteiger partial charge in [0.25, 0.3) is 0 Å². The van der Waals surface area contributed by atoms with Crippen molar-refractivity contribution in [1.29, 1.82) is 5.26 Å². The van der Waals surface area contributed by atoms with Crippen LogP contribution in [0.5, 0.6) is 0 Å². The van der Waals surface area contributed by atoms with E-state index in [4.69, 9.17) is 5.26 Å². The van der Waals surface area contributed by atoms with E-state index in [2.05, 4.69) is 5.32 Å². The van der Waals surface area contributed by atoms with Crippen LogP contribution >= 0.6 is 0 Å². The molecule has 5 nitrogen and oxygen atoms in total. The molecule has 70 valence electrons. The minimum atomic E-state index is -0.425. The summed E-state index contributed by atoms with van der Waals surface area (Å²) in [4.78, 5) is 23.5. The molecule has 1 saturated heterocycles. The van der Waals surface area contributed by atoms with Crippen LogP contribution in [0.15, 0.2) is 0 Å². The summed E-state index contributed by atoms with van der Waals surface area (Å²) in [7, 11) is 0. The third-order valence-corrected chi connectivity index (χ3v) is 1.94. The Kier molecular flexibility index (Phi) is 2.85. The van der Waals surface area contributed by atoms with E-state index < -0.39 is 6.04 Å². The van der Waals surface area contributed by atoms with E-state index in [1.807, 2.05) is 6.07 Å². The number of carbonyl (C=O) groups excluding carboxylic acids is 2. The summed E-state index contributed by atoms with van der Waals surface area (Å²) in [6.07, 6.45) is 0.597. The van der Waals surface area contributed by atoms with Gasteiger partial charge in [0.2, 0.25) is 11.8 Å². The van der Waals surface area contributed by atoms with Gasteiger partial charge in [-0.2, -0.15) is 5.26 Å². The Morgan fingerprint density at radius 3 is 3.08 bits per heavy atom.